The molecule has 142 valence electrons. The van der Waals surface area contributed by atoms with E-state index in [1.165, 1.54) is 0 Å². The van der Waals surface area contributed by atoms with Gasteiger partial charge in [0.25, 0.3) is 0 Å². The Hall–Kier alpha value is -3.68. The number of fused-ring (bicyclic) bond motifs is 1. The highest BCUT2D eigenvalue weighted by atomic mass is 16.5. The fraction of sp³-hybridized carbons (Fsp3) is 0.200. The Balaban J connectivity index is 1.30. The molecular formula is C20H19N5O3. The number of H-pyrrole nitrogens is 1. The number of aryl methyl sites for hydroxylation is 1. The molecule has 0 spiro atoms. The van der Waals surface area contributed by atoms with Crippen molar-refractivity contribution in [2.45, 2.75) is 25.3 Å². The van der Waals surface area contributed by atoms with E-state index < -0.39 is 11.8 Å². The second-order valence-electron chi connectivity index (χ2n) is 6.55. The molecule has 0 saturated heterocycles. The maximum Gasteiger partial charge on any atom is 0.313 e. The Morgan fingerprint density at radius 1 is 1.04 bits per heavy atom. The highest BCUT2D eigenvalue weighted by molar-refractivity contribution is 6.39. The molecule has 0 fully saturated rings. The van der Waals surface area contributed by atoms with Gasteiger partial charge in [-0.25, -0.2) is 0 Å². The van der Waals surface area contributed by atoms with Crippen molar-refractivity contribution in [3.8, 4) is 11.5 Å². The average molecular weight is 377 g/mol. The summed E-state index contributed by atoms with van der Waals surface area (Å²) in [5.41, 5.74) is 2.70. The van der Waals surface area contributed by atoms with Crippen LogP contribution in [0.5, 0.6) is 11.5 Å². The molecule has 3 N–H and O–H groups in total. The van der Waals surface area contributed by atoms with Crippen molar-refractivity contribution in [2.75, 3.05) is 5.32 Å². The summed E-state index contributed by atoms with van der Waals surface area (Å²) in [5, 5.41) is 12.4. The van der Waals surface area contributed by atoms with Crippen molar-refractivity contribution < 1.29 is 14.3 Å². The number of anilines is 1. The highest BCUT2D eigenvalue weighted by Crippen LogP contribution is 2.22. The topological polar surface area (TPSA) is 109 Å². The van der Waals surface area contributed by atoms with Crippen molar-refractivity contribution in [3.05, 3.63) is 66.2 Å². The molecule has 8 nitrogen and oxygen atoms in total. The van der Waals surface area contributed by atoms with Crippen molar-refractivity contribution in [3.63, 3.8) is 0 Å². The lowest BCUT2D eigenvalue weighted by Gasteiger charge is -2.22. The maximum atomic E-state index is 12.2. The van der Waals surface area contributed by atoms with Gasteiger partial charge in [-0.05, 0) is 61.2 Å². The van der Waals surface area contributed by atoms with Gasteiger partial charge in [-0.1, -0.05) is 0 Å². The van der Waals surface area contributed by atoms with Crippen molar-refractivity contribution >= 4 is 17.5 Å². The van der Waals surface area contributed by atoms with Crippen LogP contribution < -0.4 is 15.4 Å². The van der Waals surface area contributed by atoms with E-state index in [4.69, 9.17) is 4.74 Å². The first-order valence-electron chi connectivity index (χ1n) is 8.98. The predicted octanol–water partition coefficient (Wildman–Crippen LogP) is 2.21. The van der Waals surface area contributed by atoms with E-state index in [2.05, 4.69) is 25.8 Å². The number of hydrogen-bond donors (Lipinski definition) is 3. The third-order valence-electron chi connectivity index (χ3n) is 4.56. The fourth-order valence-corrected chi connectivity index (χ4v) is 3.13. The number of nitrogens with zero attached hydrogens (tertiary/aromatic N) is 2. The van der Waals surface area contributed by atoms with Gasteiger partial charge in [0.2, 0.25) is 0 Å². The Morgan fingerprint density at radius 2 is 1.79 bits per heavy atom. The maximum absolute atomic E-state index is 12.2. The number of ether oxygens (including phenoxy) is 1. The van der Waals surface area contributed by atoms with Crippen LogP contribution in [0.4, 0.5) is 5.69 Å². The summed E-state index contributed by atoms with van der Waals surface area (Å²) in [6.07, 6.45) is 7.30. The molecule has 2 aromatic heterocycles. The van der Waals surface area contributed by atoms with E-state index in [9.17, 15) is 9.59 Å². The van der Waals surface area contributed by atoms with Crippen LogP contribution in [0.1, 0.15) is 17.7 Å². The normalized spacial score (nSPS) is 15.4. The van der Waals surface area contributed by atoms with Gasteiger partial charge < -0.3 is 15.4 Å². The van der Waals surface area contributed by atoms with E-state index in [0.29, 0.717) is 23.6 Å². The first kappa shape index (κ1) is 17.7. The van der Waals surface area contributed by atoms with Gasteiger partial charge in [-0.15, -0.1) is 0 Å². The minimum atomic E-state index is -0.694. The first-order chi connectivity index (χ1) is 13.7. The Labute approximate surface area is 161 Å². The van der Waals surface area contributed by atoms with Gasteiger partial charge in [-0.2, -0.15) is 5.10 Å². The summed E-state index contributed by atoms with van der Waals surface area (Å²) in [6, 6.07) is 10.2. The highest BCUT2D eigenvalue weighted by Gasteiger charge is 2.24. The van der Waals surface area contributed by atoms with Gasteiger partial charge in [0.1, 0.15) is 11.5 Å². The molecule has 0 aliphatic heterocycles. The zero-order chi connectivity index (χ0) is 19.3. The van der Waals surface area contributed by atoms with Crippen molar-refractivity contribution in [2.24, 2.45) is 0 Å². The SMILES string of the molecule is O=C(Nc1ccc(Oc2ccncc2)cc1)C(=O)NC1CCc2[nH]ncc2C1. The molecule has 1 aliphatic carbocycles. The fourth-order valence-electron chi connectivity index (χ4n) is 3.13. The number of hydrogen-bond acceptors (Lipinski definition) is 5. The summed E-state index contributed by atoms with van der Waals surface area (Å²) < 4.78 is 5.67. The molecule has 28 heavy (non-hydrogen) atoms. The van der Waals surface area contributed by atoms with E-state index >= 15 is 0 Å². The van der Waals surface area contributed by atoms with E-state index in [-0.39, 0.29) is 6.04 Å². The minimum absolute atomic E-state index is 0.0699. The summed E-state index contributed by atoms with van der Waals surface area (Å²) in [6.45, 7) is 0. The lowest BCUT2D eigenvalue weighted by Crippen LogP contribution is -2.44. The van der Waals surface area contributed by atoms with Crippen molar-refractivity contribution in [1.29, 1.82) is 0 Å². The summed E-state index contributed by atoms with van der Waals surface area (Å²) in [7, 11) is 0. The number of benzene rings is 1. The summed E-state index contributed by atoms with van der Waals surface area (Å²) >= 11 is 0. The Morgan fingerprint density at radius 3 is 2.57 bits per heavy atom. The van der Waals surface area contributed by atoms with E-state index in [1.807, 2.05) is 0 Å². The largest absolute Gasteiger partial charge is 0.457 e. The monoisotopic (exact) mass is 377 g/mol. The molecule has 1 unspecified atom stereocenters. The molecule has 1 aromatic carbocycles. The standard InChI is InChI=1S/C20H19N5O3/c26-19(20(27)24-15-3-6-18-13(11-15)12-22-25-18)23-14-1-4-16(5-2-14)28-17-7-9-21-10-8-17/h1-2,4-5,7-10,12,15H,3,6,11H2,(H,22,25)(H,23,26)(H,24,27). The van der Waals surface area contributed by atoms with E-state index in [0.717, 1.165) is 24.1 Å². The van der Waals surface area contributed by atoms with Crippen LogP contribution in [0.15, 0.2) is 55.0 Å². The molecule has 1 atom stereocenters. The quantitative estimate of drug-likeness (QED) is 0.604. The summed E-state index contributed by atoms with van der Waals surface area (Å²) in [5.74, 6) is -0.0546. The molecule has 4 rings (SSSR count). The second-order valence-corrected chi connectivity index (χ2v) is 6.55. The number of carbonyl (C=O) groups excluding carboxylic acids is 2. The molecule has 3 aromatic rings. The van der Waals surface area contributed by atoms with Gasteiger partial charge >= 0.3 is 11.8 Å². The molecule has 2 amide bonds. The molecule has 8 heteroatoms. The lowest BCUT2D eigenvalue weighted by molar-refractivity contribution is -0.136. The number of rotatable bonds is 4. The lowest BCUT2D eigenvalue weighted by atomic mass is 9.93. The Kier molecular flexibility index (Phi) is 5.01. The van der Waals surface area contributed by atoms with Crippen LogP contribution in [0.2, 0.25) is 0 Å². The average Bonchev–Trinajstić information content (AvgIpc) is 3.18. The Bertz CT molecular complexity index is 969. The van der Waals surface area contributed by atoms with Crippen LogP contribution in [-0.4, -0.2) is 33.0 Å². The number of aromatic amines is 1. The van der Waals surface area contributed by atoms with E-state index in [1.54, 1.807) is 55.0 Å². The third kappa shape index (κ3) is 4.17. The van der Waals surface area contributed by atoms with Crippen LogP contribution in [0.3, 0.4) is 0 Å². The molecule has 0 saturated carbocycles. The predicted molar refractivity (Wildman–Crippen MR) is 102 cm³/mol. The third-order valence-corrected chi connectivity index (χ3v) is 4.56. The summed E-state index contributed by atoms with van der Waals surface area (Å²) in [4.78, 5) is 28.3. The smallest absolute Gasteiger partial charge is 0.313 e. The number of carbonyl (C=O) groups is 2. The zero-order valence-corrected chi connectivity index (χ0v) is 15.0. The molecule has 0 bridgehead atoms. The molecular weight excluding hydrogens is 358 g/mol. The number of aromatic nitrogens is 3. The van der Waals surface area contributed by atoms with Gasteiger partial charge in [0, 0.05) is 29.8 Å². The van der Waals surface area contributed by atoms with Crippen molar-refractivity contribution in [1.82, 2.24) is 20.5 Å². The number of pyridine rings is 1. The van der Waals surface area contributed by atoms with Crippen LogP contribution >= 0.6 is 0 Å². The molecule has 0 radical (unpaired) electrons. The van der Waals surface area contributed by atoms with Gasteiger partial charge in [0.15, 0.2) is 0 Å². The zero-order valence-electron chi connectivity index (χ0n) is 15.0. The number of nitrogens with one attached hydrogen (secondary N) is 3. The van der Waals surface area contributed by atoms with Crippen LogP contribution in [-0.2, 0) is 22.4 Å². The van der Waals surface area contributed by atoms with Gasteiger partial charge in [-0.3, -0.25) is 19.7 Å². The van der Waals surface area contributed by atoms with Crippen LogP contribution in [0, 0.1) is 0 Å². The molecule has 2 heterocycles. The molecule has 1 aliphatic rings. The second kappa shape index (κ2) is 7.91. The number of amides is 2. The minimum Gasteiger partial charge on any atom is -0.457 e. The first-order valence-corrected chi connectivity index (χ1v) is 8.98. The van der Waals surface area contributed by atoms with Crippen LogP contribution in [0.25, 0.3) is 0 Å². The van der Waals surface area contributed by atoms with Gasteiger partial charge in [0.05, 0.1) is 6.20 Å².